The molecule has 0 bridgehead atoms. The van der Waals surface area contributed by atoms with Crippen LogP contribution in [0.4, 0.5) is 4.39 Å². The average Bonchev–Trinajstić information content (AvgIpc) is 3.18. The largest absolute Gasteiger partial charge is 0.497 e. The maximum atomic E-state index is 14.5. The number of rotatable bonds is 6. The number of aromatic nitrogens is 1. The summed E-state index contributed by atoms with van der Waals surface area (Å²) in [6, 6.07) is 12.3. The Hall–Kier alpha value is -3.28. The van der Waals surface area contributed by atoms with Gasteiger partial charge in [-0.1, -0.05) is 6.07 Å². The SMILES string of the molecule is COc1ccc(-c2cnc(/C(F)=C/c3ccc(OC)c(OC)c3)o2)cc1. The molecule has 0 aliphatic heterocycles. The summed E-state index contributed by atoms with van der Waals surface area (Å²) >= 11 is 0. The second-order valence-corrected chi connectivity index (χ2v) is 5.36. The minimum Gasteiger partial charge on any atom is -0.497 e. The Bertz CT molecular complexity index is 916. The lowest BCUT2D eigenvalue weighted by molar-refractivity contribution is 0.355. The van der Waals surface area contributed by atoms with Gasteiger partial charge in [-0.15, -0.1) is 0 Å². The summed E-state index contributed by atoms with van der Waals surface area (Å²) in [6.07, 6.45) is 2.81. The van der Waals surface area contributed by atoms with E-state index in [0.717, 1.165) is 11.3 Å². The van der Waals surface area contributed by atoms with Gasteiger partial charge in [0, 0.05) is 5.56 Å². The first-order valence-corrected chi connectivity index (χ1v) is 7.84. The summed E-state index contributed by atoms with van der Waals surface area (Å²) in [5.41, 5.74) is 1.38. The van der Waals surface area contributed by atoms with Crippen molar-refractivity contribution in [3.05, 3.63) is 60.1 Å². The minimum atomic E-state index is -0.586. The van der Waals surface area contributed by atoms with Crippen molar-refractivity contribution in [3.8, 4) is 28.6 Å². The third-order valence-electron chi connectivity index (χ3n) is 3.79. The Morgan fingerprint density at radius 2 is 1.69 bits per heavy atom. The van der Waals surface area contributed by atoms with Gasteiger partial charge < -0.3 is 18.6 Å². The van der Waals surface area contributed by atoms with E-state index in [9.17, 15) is 4.39 Å². The van der Waals surface area contributed by atoms with Crippen molar-refractivity contribution in [2.45, 2.75) is 0 Å². The van der Waals surface area contributed by atoms with E-state index in [-0.39, 0.29) is 5.89 Å². The maximum absolute atomic E-state index is 14.5. The number of halogens is 1. The van der Waals surface area contributed by atoms with Gasteiger partial charge in [-0.2, -0.15) is 0 Å². The van der Waals surface area contributed by atoms with Crippen molar-refractivity contribution in [2.75, 3.05) is 21.3 Å². The standard InChI is InChI=1S/C20H18FNO4/c1-23-15-7-5-14(6-8-15)19-12-22-20(26-19)16(21)10-13-4-9-17(24-2)18(11-13)25-3/h4-12H,1-3H3/b16-10-. The molecule has 0 unspecified atom stereocenters. The average molecular weight is 355 g/mol. The van der Waals surface area contributed by atoms with E-state index in [1.165, 1.54) is 19.4 Å². The number of oxazole rings is 1. The predicted molar refractivity (Wildman–Crippen MR) is 97.0 cm³/mol. The minimum absolute atomic E-state index is 0.0920. The van der Waals surface area contributed by atoms with Gasteiger partial charge in [0.05, 0.1) is 27.5 Å². The molecular weight excluding hydrogens is 337 g/mol. The van der Waals surface area contributed by atoms with Gasteiger partial charge in [0.15, 0.2) is 23.1 Å². The summed E-state index contributed by atoms with van der Waals surface area (Å²) in [7, 11) is 4.66. The zero-order chi connectivity index (χ0) is 18.5. The van der Waals surface area contributed by atoms with Crippen molar-refractivity contribution in [1.29, 1.82) is 0 Å². The molecule has 5 nitrogen and oxygen atoms in total. The van der Waals surface area contributed by atoms with E-state index < -0.39 is 5.83 Å². The highest BCUT2D eigenvalue weighted by atomic mass is 19.1. The fourth-order valence-corrected chi connectivity index (χ4v) is 2.42. The van der Waals surface area contributed by atoms with Crippen LogP contribution in [-0.2, 0) is 0 Å². The first-order valence-electron chi connectivity index (χ1n) is 7.84. The van der Waals surface area contributed by atoms with Crippen LogP contribution in [0, 0.1) is 0 Å². The smallest absolute Gasteiger partial charge is 0.256 e. The number of ether oxygens (including phenoxy) is 3. The number of hydrogen-bond acceptors (Lipinski definition) is 5. The fraction of sp³-hybridized carbons (Fsp3) is 0.150. The van der Waals surface area contributed by atoms with Gasteiger partial charge >= 0.3 is 0 Å². The Kier molecular flexibility index (Phi) is 5.22. The number of methoxy groups -OCH3 is 3. The van der Waals surface area contributed by atoms with Gasteiger partial charge in [0.1, 0.15) is 5.75 Å². The highest BCUT2D eigenvalue weighted by Gasteiger charge is 2.12. The Morgan fingerprint density at radius 1 is 0.962 bits per heavy atom. The van der Waals surface area contributed by atoms with Crippen molar-refractivity contribution in [1.82, 2.24) is 4.98 Å². The zero-order valence-corrected chi connectivity index (χ0v) is 14.7. The van der Waals surface area contributed by atoms with Gasteiger partial charge in [-0.25, -0.2) is 9.37 Å². The van der Waals surface area contributed by atoms with Crippen LogP contribution in [0.3, 0.4) is 0 Å². The molecule has 1 aromatic heterocycles. The molecule has 1 heterocycles. The Labute approximate surface area is 150 Å². The summed E-state index contributed by atoms with van der Waals surface area (Å²) in [4.78, 5) is 4.01. The molecule has 0 N–H and O–H groups in total. The third-order valence-corrected chi connectivity index (χ3v) is 3.79. The van der Waals surface area contributed by atoms with E-state index in [4.69, 9.17) is 18.6 Å². The van der Waals surface area contributed by atoms with Crippen LogP contribution < -0.4 is 14.2 Å². The lowest BCUT2D eigenvalue weighted by Gasteiger charge is -2.07. The topological polar surface area (TPSA) is 53.7 Å². The molecule has 0 saturated carbocycles. The molecule has 0 aliphatic rings. The quantitative estimate of drug-likeness (QED) is 0.634. The number of hydrogen-bond donors (Lipinski definition) is 0. The van der Waals surface area contributed by atoms with E-state index >= 15 is 0 Å². The van der Waals surface area contributed by atoms with E-state index in [1.54, 1.807) is 44.6 Å². The zero-order valence-electron chi connectivity index (χ0n) is 14.7. The van der Waals surface area contributed by atoms with Crippen molar-refractivity contribution < 1.29 is 23.0 Å². The monoisotopic (exact) mass is 355 g/mol. The molecule has 0 spiro atoms. The van der Waals surface area contributed by atoms with Gasteiger partial charge in [0.25, 0.3) is 5.89 Å². The van der Waals surface area contributed by atoms with Crippen LogP contribution in [0.2, 0.25) is 0 Å². The maximum Gasteiger partial charge on any atom is 0.256 e. The lowest BCUT2D eigenvalue weighted by atomic mass is 10.2. The highest BCUT2D eigenvalue weighted by molar-refractivity contribution is 5.75. The second-order valence-electron chi connectivity index (χ2n) is 5.36. The summed E-state index contributed by atoms with van der Waals surface area (Å²) in [5.74, 6) is 1.61. The molecule has 2 aromatic carbocycles. The molecule has 0 aliphatic carbocycles. The second kappa shape index (κ2) is 7.74. The molecule has 3 aromatic rings. The molecule has 26 heavy (non-hydrogen) atoms. The van der Waals surface area contributed by atoms with Gasteiger partial charge in [0.2, 0.25) is 0 Å². The third kappa shape index (κ3) is 3.69. The lowest BCUT2D eigenvalue weighted by Crippen LogP contribution is -1.90. The molecule has 0 amide bonds. The molecule has 0 atom stereocenters. The van der Waals surface area contributed by atoms with E-state index in [2.05, 4.69) is 4.98 Å². The first kappa shape index (κ1) is 17.5. The Morgan fingerprint density at radius 3 is 2.35 bits per heavy atom. The van der Waals surface area contributed by atoms with E-state index in [0.29, 0.717) is 22.8 Å². The summed E-state index contributed by atoms with van der Waals surface area (Å²) in [6.45, 7) is 0. The van der Waals surface area contributed by atoms with Crippen molar-refractivity contribution >= 4 is 11.9 Å². The van der Waals surface area contributed by atoms with Crippen molar-refractivity contribution in [2.24, 2.45) is 0 Å². The van der Waals surface area contributed by atoms with Gasteiger partial charge in [-0.05, 0) is 48.0 Å². The highest BCUT2D eigenvalue weighted by Crippen LogP contribution is 2.30. The van der Waals surface area contributed by atoms with Crippen LogP contribution in [0.1, 0.15) is 11.5 Å². The van der Waals surface area contributed by atoms with E-state index in [1.807, 2.05) is 12.1 Å². The Balaban J connectivity index is 1.85. The molecule has 0 fully saturated rings. The molecular formula is C20H18FNO4. The molecule has 3 rings (SSSR count). The van der Waals surface area contributed by atoms with Crippen LogP contribution >= 0.6 is 0 Å². The predicted octanol–water partition coefficient (Wildman–Crippen LogP) is 4.84. The number of nitrogens with zero attached hydrogens (tertiary/aromatic N) is 1. The van der Waals surface area contributed by atoms with Crippen LogP contribution in [0.5, 0.6) is 17.2 Å². The van der Waals surface area contributed by atoms with Crippen LogP contribution in [0.25, 0.3) is 23.2 Å². The fourth-order valence-electron chi connectivity index (χ4n) is 2.42. The molecule has 134 valence electrons. The normalized spacial score (nSPS) is 11.3. The number of benzene rings is 2. The molecule has 6 heteroatoms. The molecule has 0 radical (unpaired) electrons. The van der Waals surface area contributed by atoms with Gasteiger partial charge in [-0.3, -0.25) is 0 Å². The van der Waals surface area contributed by atoms with Crippen molar-refractivity contribution in [3.63, 3.8) is 0 Å². The molecule has 0 saturated heterocycles. The van der Waals surface area contributed by atoms with Crippen LogP contribution in [-0.4, -0.2) is 26.3 Å². The first-order chi connectivity index (χ1) is 12.6. The summed E-state index contributed by atoms with van der Waals surface area (Å²) in [5, 5.41) is 0. The van der Waals surface area contributed by atoms with Crippen LogP contribution in [0.15, 0.2) is 53.1 Å². The summed E-state index contributed by atoms with van der Waals surface area (Å²) < 4.78 is 35.5.